The Kier molecular flexibility index (Phi) is 5.48. The lowest BCUT2D eigenvalue weighted by molar-refractivity contribution is -0.136. The second kappa shape index (κ2) is 7.84. The van der Waals surface area contributed by atoms with E-state index in [0.717, 1.165) is 10.5 Å². The van der Waals surface area contributed by atoms with Gasteiger partial charge >= 0.3 is 12.0 Å². The summed E-state index contributed by atoms with van der Waals surface area (Å²) in [6.07, 6.45) is -1.06. The van der Waals surface area contributed by atoms with E-state index in [2.05, 4.69) is 10.4 Å². The fourth-order valence-electron chi connectivity index (χ4n) is 3.18. The number of hydrogen-bond acceptors (Lipinski definition) is 5. The first-order chi connectivity index (χ1) is 13.3. The Morgan fingerprint density at radius 3 is 2.50 bits per heavy atom. The quantitative estimate of drug-likeness (QED) is 0.796. The lowest BCUT2D eigenvalue weighted by Gasteiger charge is -2.18. The minimum atomic E-state index is -1.06. The first-order valence-electron chi connectivity index (χ1n) is 9.17. The fourth-order valence-corrected chi connectivity index (χ4v) is 3.18. The van der Waals surface area contributed by atoms with Crippen molar-refractivity contribution in [3.8, 4) is 0 Å². The molecule has 1 saturated heterocycles. The van der Waals surface area contributed by atoms with E-state index in [-0.39, 0.29) is 6.54 Å². The first-order valence-corrected chi connectivity index (χ1v) is 9.17. The molecule has 1 aliphatic heterocycles. The summed E-state index contributed by atoms with van der Waals surface area (Å²) in [4.78, 5) is 37.7. The van der Waals surface area contributed by atoms with Crippen LogP contribution in [0.4, 0.5) is 4.79 Å². The van der Waals surface area contributed by atoms with Gasteiger partial charge in [-0.05, 0) is 33.3 Å². The van der Waals surface area contributed by atoms with Crippen LogP contribution in [-0.4, -0.2) is 51.8 Å². The van der Waals surface area contributed by atoms with Gasteiger partial charge in [0, 0.05) is 13.1 Å². The lowest BCUT2D eigenvalue weighted by Crippen LogP contribution is -2.41. The van der Waals surface area contributed by atoms with Gasteiger partial charge in [0.05, 0.1) is 17.9 Å². The fraction of sp³-hybridized carbons (Fsp3) is 0.400. The number of benzene rings is 1. The van der Waals surface area contributed by atoms with Crippen LogP contribution in [0.5, 0.6) is 0 Å². The van der Waals surface area contributed by atoms with Gasteiger partial charge in [-0.15, -0.1) is 0 Å². The largest absolute Gasteiger partial charge is 0.449 e. The van der Waals surface area contributed by atoms with Crippen molar-refractivity contribution in [2.45, 2.75) is 40.3 Å². The van der Waals surface area contributed by atoms with Crippen molar-refractivity contribution in [1.82, 2.24) is 20.0 Å². The van der Waals surface area contributed by atoms with E-state index in [1.54, 1.807) is 18.5 Å². The maximum Gasteiger partial charge on any atom is 0.342 e. The second-order valence-corrected chi connectivity index (χ2v) is 6.96. The zero-order valence-electron chi connectivity index (χ0n) is 16.5. The molecule has 148 valence electrons. The van der Waals surface area contributed by atoms with Crippen LogP contribution in [0.1, 0.15) is 39.8 Å². The van der Waals surface area contributed by atoms with Gasteiger partial charge in [0.25, 0.3) is 5.91 Å². The molecular weight excluding hydrogens is 360 g/mol. The molecule has 1 aliphatic rings. The second-order valence-electron chi connectivity index (χ2n) is 6.96. The van der Waals surface area contributed by atoms with E-state index < -0.39 is 24.0 Å². The Hall–Kier alpha value is -3.16. The summed E-state index contributed by atoms with van der Waals surface area (Å²) >= 11 is 0. The molecule has 0 spiro atoms. The van der Waals surface area contributed by atoms with Gasteiger partial charge in [0.15, 0.2) is 6.10 Å². The molecule has 0 bridgehead atoms. The predicted molar refractivity (Wildman–Crippen MR) is 102 cm³/mol. The number of urea groups is 1. The molecule has 1 N–H and O–H groups in total. The molecule has 1 aromatic carbocycles. The van der Waals surface area contributed by atoms with E-state index in [1.165, 1.54) is 12.5 Å². The molecule has 1 atom stereocenters. The molecule has 1 aromatic heterocycles. The molecule has 2 aromatic rings. The van der Waals surface area contributed by atoms with Gasteiger partial charge in [-0.1, -0.05) is 29.8 Å². The Bertz CT molecular complexity index is 917. The smallest absolute Gasteiger partial charge is 0.342 e. The maximum atomic E-state index is 12.7. The van der Waals surface area contributed by atoms with Crippen LogP contribution >= 0.6 is 0 Å². The topological polar surface area (TPSA) is 93.5 Å². The number of hydrogen-bond donors (Lipinski definition) is 1. The minimum Gasteiger partial charge on any atom is -0.449 e. The van der Waals surface area contributed by atoms with Crippen molar-refractivity contribution in [2.24, 2.45) is 0 Å². The molecule has 0 saturated carbocycles. The summed E-state index contributed by atoms with van der Waals surface area (Å²) in [6, 6.07) is 7.62. The molecule has 8 heteroatoms. The summed E-state index contributed by atoms with van der Waals surface area (Å²) in [5.41, 5.74) is 3.79. The van der Waals surface area contributed by atoms with Gasteiger partial charge in [0.1, 0.15) is 5.56 Å². The van der Waals surface area contributed by atoms with Crippen LogP contribution in [0.25, 0.3) is 0 Å². The van der Waals surface area contributed by atoms with Gasteiger partial charge < -0.3 is 10.1 Å². The van der Waals surface area contributed by atoms with E-state index >= 15 is 0 Å². The molecule has 1 fully saturated rings. The number of carbonyl (C=O) groups is 3. The van der Waals surface area contributed by atoms with Gasteiger partial charge in [-0.25, -0.2) is 9.59 Å². The zero-order chi connectivity index (χ0) is 20.4. The molecule has 3 rings (SSSR count). The number of aryl methyl sites for hydroxylation is 2. The van der Waals surface area contributed by atoms with Crippen LogP contribution in [0.2, 0.25) is 0 Å². The van der Waals surface area contributed by atoms with Crippen molar-refractivity contribution >= 4 is 17.9 Å². The Balaban J connectivity index is 1.73. The number of ether oxygens (including phenoxy) is 1. The van der Waals surface area contributed by atoms with E-state index in [4.69, 9.17) is 4.74 Å². The lowest BCUT2D eigenvalue weighted by atomic mass is 10.1. The Morgan fingerprint density at radius 2 is 1.89 bits per heavy atom. The summed E-state index contributed by atoms with van der Waals surface area (Å²) in [5.74, 6) is -1.16. The van der Waals surface area contributed by atoms with Crippen molar-refractivity contribution < 1.29 is 19.1 Å². The number of nitrogens with one attached hydrogen (secondary N) is 1. The van der Waals surface area contributed by atoms with Crippen molar-refractivity contribution in [3.05, 3.63) is 52.3 Å². The third-order valence-corrected chi connectivity index (χ3v) is 4.79. The van der Waals surface area contributed by atoms with Crippen LogP contribution in [0, 0.1) is 20.8 Å². The monoisotopic (exact) mass is 384 g/mol. The van der Waals surface area contributed by atoms with Crippen LogP contribution in [0.3, 0.4) is 0 Å². The summed E-state index contributed by atoms with van der Waals surface area (Å²) in [7, 11) is 0. The van der Waals surface area contributed by atoms with Gasteiger partial charge in [-0.2, -0.15) is 5.10 Å². The molecule has 0 unspecified atom stereocenters. The Labute approximate surface area is 163 Å². The van der Waals surface area contributed by atoms with Crippen LogP contribution in [-0.2, 0) is 16.1 Å². The zero-order valence-corrected chi connectivity index (χ0v) is 16.5. The van der Waals surface area contributed by atoms with Crippen LogP contribution in [0.15, 0.2) is 24.3 Å². The van der Waals surface area contributed by atoms with Crippen LogP contribution < -0.4 is 5.32 Å². The summed E-state index contributed by atoms with van der Waals surface area (Å²) < 4.78 is 7.08. The summed E-state index contributed by atoms with van der Waals surface area (Å²) in [5, 5.41) is 7.00. The number of imide groups is 1. The molecular formula is C20H24N4O4. The molecule has 8 nitrogen and oxygen atoms in total. The number of carbonyl (C=O) groups excluding carboxylic acids is 3. The third kappa shape index (κ3) is 3.90. The van der Waals surface area contributed by atoms with Crippen molar-refractivity contribution in [3.63, 3.8) is 0 Å². The highest BCUT2D eigenvalue weighted by atomic mass is 16.5. The van der Waals surface area contributed by atoms with Gasteiger partial charge in [0.2, 0.25) is 0 Å². The Morgan fingerprint density at radius 1 is 1.21 bits per heavy atom. The van der Waals surface area contributed by atoms with E-state index in [9.17, 15) is 14.4 Å². The van der Waals surface area contributed by atoms with Gasteiger partial charge in [-0.3, -0.25) is 14.4 Å². The number of aromatic nitrogens is 2. The predicted octanol–water partition coefficient (Wildman–Crippen LogP) is 1.95. The highest BCUT2D eigenvalue weighted by Gasteiger charge is 2.32. The molecule has 3 amide bonds. The van der Waals surface area contributed by atoms with E-state index in [1.807, 2.05) is 31.2 Å². The summed E-state index contributed by atoms with van der Waals surface area (Å²) in [6.45, 7) is 8.22. The number of nitrogens with zero attached hydrogens (tertiary/aromatic N) is 3. The SMILES string of the molecule is Cc1ccc(Cn2nc(C)c(C(=O)O[C@@H](C)C(=O)N3CCNC3=O)c2C)cc1. The van der Waals surface area contributed by atoms with Crippen molar-refractivity contribution in [1.29, 1.82) is 0 Å². The highest BCUT2D eigenvalue weighted by Crippen LogP contribution is 2.18. The minimum absolute atomic E-state index is 0.270. The maximum absolute atomic E-state index is 12.7. The first kappa shape index (κ1) is 19.6. The number of rotatable bonds is 5. The average Bonchev–Trinajstić information content (AvgIpc) is 3.19. The highest BCUT2D eigenvalue weighted by molar-refractivity contribution is 6.00. The normalized spacial score (nSPS) is 14.7. The molecule has 0 radical (unpaired) electrons. The third-order valence-electron chi connectivity index (χ3n) is 4.79. The number of esters is 1. The van der Waals surface area contributed by atoms with Crippen molar-refractivity contribution in [2.75, 3.05) is 13.1 Å². The molecule has 28 heavy (non-hydrogen) atoms. The standard InChI is InChI=1S/C20H24N4O4/c1-12-5-7-16(8-6-12)11-24-14(3)17(13(2)22-24)19(26)28-15(4)18(25)23-10-9-21-20(23)27/h5-8,15H,9-11H2,1-4H3,(H,21,27)/t15-/m0/s1. The number of amides is 3. The molecule has 2 heterocycles. The van der Waals surface area contributed by atoms with E-state index in [0.29, 0.717) is 30.0 Å². The average molecular weight is 384 g/mol. The molecule has 0 aliphatic carbocycles.